The molecule has 1 saturated carbocycles. The van der Waals surface area contributed by atoms with E-state index in [0.717, 1.165) is 18.1 Å². The molecule has 2 N–H and O–H groups in total. The van der Waals surface area contributed by atoms with Gasteiger partial charge in [0.05, 0.1) is 19.3 Å². The second-order valence-corrected chi connectivity index (χ2v) is 11.2. The van der Waals surface area contributed by atoms with Crippen molar-refractivity contribution in [1.82, 2.24) is 0 Å². The lowest BCUT2D eigenvalue weighted by atomic mass is 9.77. The molecule has 0 bridgehead atoms. The van der Waals surface area contributed by atoms with E-state index < -0.39 is 0 Å². The van der Waals surface area contributed by atoms with Crippen LogP contribution in [0.1, 0.15) is 98.5 Å². The first kappa shape index (κ1) is 29.6. The fourth-order valence-corrected chi connectivity index (χ4v) is 5.00. The third-order valence-corrected chi connectivity index (χ3v) is 6.98. The molecule has 4 nitrogen and oxygen atoms in total. The highest BCUT2D eigenvalue weighted by Gasteiger charge is 2.27. The van der Waals surface area contributed by atoms with Crippen molar-refractivity contribution in [2.45, 2.75) is 111 Å². The van der Waals surface area contributed by atoms with Crippen molar-refractivity contribution in [1.29, 1.82) is 0 Å². The predicted octanol–water partition coefficient (Wildman–Crippen LogP) is 7.78. The van der Waals surface area contributed by atoms with Crippen molar-refractivity contribution >= 4 is 0 Å². The highest BCUT2D eigenvalue weighted by Crippen LogP contribution is 2.33. The highest BCUT2D eigenvalue weighted by molar-refractivity contribution is 5.31. The molecule has 3 atom stereocenters. The minimum absolute atomic E-state index is 0.0616. The minimum Gasteiger partial charge on any atom is -0.465 e. The fourth-order valence-electron chi connectivity index (χ4n) is 5.00. The van der Waals surface area contributed by atoms with E-state index in [1.165, 1.54) is 43.2 Å². The van der Waals surface area contributed by atoms with E-state index in [1.807, 2.05) is 19.1 Å². The summed E-state index contributed by atoms with van der Waals surface area (Å²) in [4.78, 5) is 0. The van der Waals surface area contributed by atoms with Gasteiger partial charge < -0.3 is 19.9 Å². The van der Waals surface area contributed by atoms with Gasteiger partial charge in [0.1, 0.15) is 5.75 Å². The van der Waals surface area contributed by atoms with Crippen molar-refractivity contribution in [3.05, 3.63) is 53.6 Å². The molecule has 1 fully saturated rings. The van der Waals surface area contributed by atoms with Gasteiger partial charge in [-0.2, -0.15) is 0 Å². The topological polar surface area (TPSA) is 53.7 Å². The Morgan fingerprint density at radius 3 is 2.20 bits per heavy atom. The molecule has 1 aliphatic rings. The van der Waals surface area contributed by atoms with Crippen LogP contribution in [0, 0.1) is 11.8 Å². The van der Waals surface area contributed by atoms with Gasteiger partial charge in [0.15, 0.2) is 6.29 Å². The average Bonchev–Trinajstić information content (AvgIpc) is 2.81. The first-order valence-electron chi connectivity index (χ1n) is 13.7. The largest absolute Gasteiger partial charge is 0.465 e. The van der Waals surface area contributed by atoms with Gasteiger partial charge in [0.25, 0.3) is 0 Å². The molecule has 2 rings (SSSR count). The molecule has 0 saturated heterocycles. The number of allylic oxidation sites excluding steroid dienone is 3. The van der Waals surface area contributed by atoms with Crippen LogP contribution >= 0.6 is 0 Å². The molecule has 35 heavy (non-hydrogen) atoms. The quantitative estimate of drug-likeness (QED) is 0.166. The Balaban J connectivity index is 1.73. The number of hydrogen-bond acceptors (Lipinski definition) is 4. The zero-order chi connectivity index (χ0) is 25.8. The number of hydrogen-bond donors (Lipinski definition) is 1. The summed E-state index contributed by atoms with van der Waals surface area (Å²) in [6, 6.07) is 8.30. The minimum atomic E-state index is -0.339. The Morgan fingerprint density at radius 2 is 1.63 bits per heavy atom. The van der Waals surface area contributed by atoms with Crippen LogP contribution < -0.4 is 10.5 Å². The second-order valence-electron chi connectivity index (χ2n) is 11.2. The molecular formula is C31H51NO3. The van der Waals surface area contributed by atoms with Gasteiger partial charge in [-0.25, -0.2) is 0 Å². The summed E-state index contributed by atoms with van der Waals surface area (Å²) in [5.74, 6) is 2.42. The van der Waals surface area contributed by atoms with Gasteiger partial charge in [0.2, 0.25) is 0 Å². The van der Waals surface area contributed by atoms with Gasteiger partial charge in [-0.3, -0.25) is 0 Å². The Labute approximate surface area is 215 Å². The molecule has 0 aliphatic heterocycles. The van der Waals surface area contributed by atoms with Crippen LogP contribution in [0.4, 0.5) is 0 Å². The first-order chi connectivity index (χ1) is 16.6. The van der Waals surface area contributed by atoms with Crippen LogP contribution in [-0.2, 0) is 9.47 Å². The Bertz CT molecular complexity index is 769. The molecule has 1 aliphatic carbocycles. The predicted molar refractivity (Wildman–Crippen MR) is 148 cm³/mol. The van der Waals surface area contributed by atoms with E-state index >= 15 is 0 Å². The highest BCUT2D eigenvalue weighted by atomic mass is 16.7. The maximum Gasteiger partial charge on any atom is 0.197 e. The molecule has 0 aromatic heterocycles. The van der Waals surface area contributed by atoms with E-state index in [0.29, 0.717) is 25.0 Å². The fraction of sp³-hybridized carbons (Fsp3) is 0.677. The molecule has 198 valence electrons. The summed E-state index contributed by atoms with van der Waals surface area (Å²) < 4.78 is 17.7. The van der Waals surface area contributed by atoms with Crippen LogP contribution in [0.3, 0.4) is 0 Å². The number of ether oxygens (including phenoxy) is 3. The van der Waals surface area contributed by atoms with Crippen LogP contribution in [-0.4, -0.2) is 31.1 Å². The van der Waals surface area contributed by atoms with Crippen molar-refractivity contribution in [3.63, 3.8) is 0 Å². The molecule has 4 heteroatoms. The molecule has 0 heterocycles. The van der Waals surface area contributed by atoms with Gasteiger partial charge in [0, 0.05) is 11.5 Å². The maximum atomic E-state index is 6.47. The summed E-state index contributed by atoms with van der Waals surface area (Å²) in [5, 5.41) is 0. The summed E-state index contributed by atoms with van der Waals surface area (Å²) >= 11 is 0. The lowest BCUT2D eigenvalue weighted by Crippen LogP contribution is -2.39. The zero-order valence-electron chi connectivity index (χ0n) is 23.4. The summed E-state index contributed by atoms with van der Waals surface area (Å²) in [6.07, 6.45) is 14.2. The maximum absolute atomic E-state index is 6.47. The normalized spacial score (nSPS) is 18.7. The number of nitrogens with two attached hydrogens (primary N) is 1. The SMILES string of the molecule is CC=C(C=CC(C)OCCOC(C)Oc1ccc(C(CC(C)C)C(C)(C)N)cc1)C1CCCCC1. The Kier molecular flexibility index (Phi) is 12.5. The molecule has 3 unspecified atom stereocenters. The van der Waals surface area contributed by atoms with E-state index in [9.17, 15) is 0 Å². The van der Waals surface area contributed by atoms with Crippen molar-refractivity contribution in [2.24, 2.45) is 17.6 Å². The van der Waals surface area contributed by atoms with Crippen LogP contribution in [0.25, 0.3) is 0 Å². The standard InChI is InChI=1S/C31H51NO3/c1-8-26(27-12-10-9-11-13-27)15-14-24(4)33-20-21-34-25(5)35-29-18-16-28(17-19-29)30(22-23(2)3)31(6,7)32/h8,14-19,23-25,27,30H,9-13,20-22,32H2,1-7H3. The summed E-state index contributed by atoms with van der Waals surface area (Å²) in [7, 11) is 0. The van der Waals surface area contributed by atoms with Gasteiger partial charge in [-0.15, -0.1) is 0 Å². The molecule has 0 spiro atoms. The molecule has 0 radical (unpaired) electrons. The first-order valence-corrected chi connectivity index (χ1v) is 13.7. The third kappa shape index (κ3) is 10.9. The molecular weight excluding hydrogens is 434 g/mol. The van der Waals surface area contributed by atoms with Crippen LogP contribution in [0.15, 0.2) is 48.1 Å². The van der Waals surface area contributed by atoms with E-state index in [2.05, 4.69) is 71.9 Å². The van der Waals surface area contributed by atoms with E-state index in [1.54, 1.807) is 0 Å². The van der Waals surface area contributed by atoms with Crippen molar-refractivity contribution < 1.29 is 14.2 Å². The van der Waals surface area contributed by atoms with Crippen molar-refractivity contribution in [3.8, 4) is 5.75 Å². The average molecular weight is 486 g/mol. The Hall–Kier alpha value is -1.62. The zero-order valence-corrected chi connectivity index (χ0v) is 23.4. The van der Waals surface area contributed by atoms with Gasteiger partial charge >= 0.3 is 0 Å². The second kappa shape index (κ2) is 14.8. The lowest BCUT2D eigenvalue weighted by molar-refractivity contribution is -0.0867. The smallest absolute Gasteiger partial charge is 0.197 e. The van der Waals surface area contributed by atoms with E-state index in [-0.39, 0.29) is 17.9 Å². The number of benzene rings is 1. The third-order valence-electron chi connectivity index (χ3n) is 6.98. The molecule has 1 aromatic rings. The van der Waals surface area contributed by atoms with Gasteiger partial charge in [-0.05, 0) is 89.0 Å². The molecule has 1 aromatic carbocycles. The Morgan fingerprint density at radius 1 is 1.00 bits per heavy atom. The summed E-state index contributed by atoms with van der Waals surface area (Å²) in [5.41, 5.74) is 8.92. The van der Waals surface area contributed by atoms with Gasteiger partial charge in [-0.1, -0.05) is 63.5 Å². The van der Waals surface area contributed by atoms with E-state index in [4.69, 9.17) is 19.9 Å². The van der Waals surface area contributed by atoms with Crippen LogP contribution in [0.2, 0.25) is 0 Å². The molecule has 0 amide bonds. The lowest BCUT2D eigenvalue weighted by Gasteiger charge is -2.32. The van der Waals surface area contributed by atoms with Crippen molar-refractivity contribution in [2.75, 3.05) is 13.2 Å². The monoisotopic (exact) mass is 485 g/mol. The number of rotatable bonds is 14. The van der Waals surface area contributed by atoms with Crippen LogP contribution in [0.5, 0.6) is 5.75 Å². The summed E-state index contributed by atoms with van der Waals surface area (Å²) in [6.45, 7) is 15.9.